The van der Waals surface area contributed by atoms with Gasteiger partial charge >= 0.3 is 0 Å². The summed E-state index contributed by atoms with van der Waals surface area (Å²) in [6.45, 7) is 0.883. The summed E-state index contributed by atoms with van der Waals surface area (Å²) in [7, 11) is 1.65. The van der Waals surface area contributed by atoms with Gasteiger partial charge in [-0.05, 0) is 38.2 Å². The van der Waals surface area contributed by atoms with Crippen LogP contribution in [0.5, 0.6) is 5.75 Å². The molecule has 1 aliphatic carbocycles. The summed E-state index contributed by atoms with van der Waals surface area (Å²) < 4.78 is 13.7. The average molecular weight is 313 g/mol. The maximum atomic E-state index is 6.14. The maximum Gasteiger partial charge on any atom is 0.149 e. The van der Waals surface area contributed by atoms with Crippen LogP contribution in [0.3, 0.4) is 0 Å². The van der Waals surface area contributed by atoms with E-state index in [9.17, 15) is 0 Å². The molecule has 4 rings (SSSR count). The Labute approximate surface area is 136 Å². The minimum atomic E-state index is 0.0152. The second-order valence-corrected chi connectivity index (χ2v) is 6.56. The molecule has 122 valence electrons. The van der Waals surface area contributed by atoms with E-state index in [0.717, 1.165) is 37.0 Å². The molecular weight excluding hydrogens is 290 g/mol. The maximum absolute atomic E-state index is 6.14. The zero-order valence-corrected chi connectivity index (χ0v) is 13.5. The van der Waals surface area contributed by atoms with E-state index in [1.807, 2.05) is 24.4 Å². The van der Waals surface area contributed by atoms with Gasteiger partial charge in [-0.2, -0.15) is 5.10 Å². The molecule has 2 aliphatic rings. The zero-order valence-electron chi connectivity index (χ0n) is 13.5. The van der Waals surface area contributed by atoms with Crippen LogP contribution >= 0.6 is 0 Å². The lowest BCUT2D eigenvalue weighted by Crippen LogP contribution is -2.52. The molecule has 23 heavy (non-hydrogen) atoms. The second kappa shape index (κ2) is 5.57. The molecule has 0 radical (unpaired) electrons. The van der Waals surface area contributed by atoms with Crippen LogP contribution in [-0.4, -0.2) is 29.1 Å². The summed E-state index contributed by atoms with van der Waals surface area (Å²) in [5.41, 5.74) is 8.69. The van der Waals surface area contributed by atoms with E-state index >= 15 is 0 Å². The van der Waals surface area contributed by atoms with Crippen LogP contribution < -0.4 is 10.5 Å². The monoisotopic (exact) mass is 313 g/mol. The first-order valence-corrected chi connectivity index (χ1v) is 8.34. The zero-order chi connectivity index (χ0) is 15.9. The van der Waals surface area contributed by atoms with Crippen LogP contribution in [0, 0.1) is 0 Å². The number of benzene rings is 1. The van der Waals surface area contributed by atoms with E-state index in [1.165, 1.54) is 12.8 Å². The standard InChI is InChI=1S/C18H23N3O2/c1-22-17-14(5-4-6-15(17)19)13-11-20-21(12-13)16-7-9-18(16)8-2-3-10-23-18/h4-6,11-12,16H,2-3,7-10,19H2,1H3/t16-,18-/m1/s1. The number of nitrogens with zero attached hydrogens (tertiary/aromatic N) is 2. The molecule has 2 atom stereocenters. The Balaban J connectivity index is 1.64. The van der Waals surface area contributed by atoms with Crippen LogP contribution in [0.15, 0.2) is 30.6 Å². The van der Waals surface area contributed by atoms with E-state index in [4.69, 9.17) is 15.2 Å². The highest BCUT2D eigenvalue weighted by molar-refractivity contribution is 5.76. The predicted molar refractivity (Wildman–Crippen MR) is 89.4 cm³/mol. The fraction of sp³-hybridized carbons (Fsp3) is 0.500. The second-order valence-electron chi connectivity index (χ2n) is 6.56. The van der Waals surface area contributed by atoms with Gasteiger partial charge in [-0.1, -0.05) is 12.1 Å². The number of ether oxygens (including phenoxy) is 2. The lowest BCUT2D eigenvalue weighted by Gasteiger charge is -2.51. The van der Waals surface area contributed by atoms with Crippen LogP contribution in [0.4, 0.5) is 5.69 Å². The molecule has 2 heterocycles. The third-order valence-corrected chi connectivity index (χ3v) is 5.31. The number of nitrogen functional groups attached to an aromatic ring is 1. The van der Waals surface area contributed by atoms with Gasteiger partial charge in [0.25, 0.3) is 0 Å². The molecule has 5 heteroatoms. The third-order valence-electron chi connectivity index (χ3n) is 5.31. The fourth-order valence-electron chi connectivity index (χ4n) is 3.96. The first-order valence-electron chi connectivity index (χ1n) is 8.34. The Morgan fingerprint density at radius 1 is 1.35 bits per heavy atom. The van der Waals surface area contributed by atoms with Gasteiger partial charge in [-0.3, -0.25) is 4.68 Å². The van der Waals surface area contributed by atoms with Gasteiger partial charge in [-0.15, -0.1) is 0 Å². The molecule has 2 fully saturated rings. The molecular formula is C18H23N3O2. The number of hydrogen-bond donors (Lipinski definition) is 1. The Morgan fingerprint density at radius 3 is 2.96 bits per heavy atom. The molecule has 1 saturated carbocycles. The molecule has 0 amide bonds. The summed E-state index contributed by atoms with van der Waals surface area (Å²) >= 11 is 0. The number of rotatable bonds is 3. The van der Waals surface area contributed by atoms with Crippen molar-refractivity contribution in [3.05, 3.63) is 30.6 Å². The summed E-state index contributed by atoms with van der Waals surface area (Å²) in [6.07, 6.45) is 9.86. The van der Waals surface area contributed by atoms with E-state index in [0.29, 0.717) is 17.5 Å². The minimum Gasteiger partial charge on any atom is -0.494 e. The van der Waals surface area contributed by atoms with Crippen molar-refractivity contribution in [1.29, 1.82) is 0 Å². The van der Waals surface area contributed by atoms with E-state index in [1.54, 1.807) is 7.11 Å². The Morgan fingerprint density at radius 2 is 2.26 bits per heavy atom. The molecule has 0 unspecified atom stereocenters. The van der Waals surface area contributed by atoms with Crippen molar-refractivity contribution in [2.45, 2.75) is 43.7 Å². The average Bonchev–Trinajstić information content (AvgIpc) is 3.03. The summed E-state index contributed by atoms with van der Waals surface area (Å²) in [6, 6.07) is 6.16. The molecule has 2 N–H and O–H groups in total. The van der Waals surface area contributed by atoms with Gasteiger partial charge in [0, 0.05) is 23.9 Å². The van der Waals surface area contributed by atoms with Crippen molar-refractivity contribution < 1.29 is 9.47 Å². The lowest BCUT2D eigenvalue weighted by atomic mass is 9.70. The molecule has 1 aromatic heterocycles. The Bertz CT molecular complexity index is 704. The van der Waals surface area contributed by atoms with Crippen molar-refractivity contribution in [3.63, 3.8) is 0 Å². The van der Waals surface area contributed by atoms with Crippen molar-refractivity contribution in [1.82, 2.24) is 9.78 Å². The van der Waals surface area contributed by atoms with Gasteiger partial charge in [0.1, 0.15) is 5.75 Å². The predicted octanol–water partition coefficient (Wildman–Crippen LogP) is 3.42. The number of methoxy groups -OCH3 is 1. The molecule has 5 nitrogen and oxygen atoms in total. The number of para-hydroxylation sites is 1. The molecule has 1 aromatic carbocycles. The van der Waals surface area contributed by atoms with Crippen molar-refractivity contribution in [2.24, 2.45) is 0 Å². The first-order chi connectivity index (χ1) is 11.2. The minimum absolute atomic E-state index is 0.0152. The van der Waals surface area contributed by atoms with Crippen LogP contribution in [0.25, 0.3) is 11.1 Å². The SMILES string of the molecule is COc1c(N)cccc1-c1cnn([C@@H]2CC[C@]23CCCCO3)c1. The molecule has 0 bridgehead atoms. The third kappa shape index (κ3) is 2.30. The highest BCUT2D eigenvalue weighted by Crippen LogP contribution is 2.50. The lowest BCUT2D eigenvalue weighted by molar-refractivity contribution is -0.165. The smallest absolute Gasteiger partial charge is 0.149 e. The van der Waals surface area contributed by atoms with Crippen molar-refractivity contribution >= 4 is 5.69 Å². The van der Waals surface area contributed by atoms with Crippen LogP contribution in [0.1, 0.15) is 38.1 Å². The number of nitrogens with two attached hydrogens (primary N) is 1. The number of hydrogen-bond acceptors (Lipinski definition) is 4. The summed E-state index contributed by atoms with van der Waals surface area (Å²) in [4.78, 5) is 0. The van der Waals surface area contributed by atoms with Crippen LogP contribution in [0.2, 0.25) is 0 Å². The van der Waals surface area contributed by atoms with E-state index < -0.39 is 0 Å². The largest absolute Gasteiger partial charge is 0.494 e. The molecule has 2 aromatic rings. The van der Waals surface area contributed by atoms with Gasteiger partial charge in [-0.25, -0.2) is 0 Å². The van der Waals surface area contributed by atoms with Crippen LogP contribution in [-0.2, 0) is 4.74 Å². The van der Waals surface area contributed by atoms with Crippen molar-refractivity contribution in [3.8, 4) is 16.9 Å². The van der Waals surface area contributed by atoms with Crippen molar-refractivity contribution in [2.75, 3.05) is 19.5 Å². The quantitative estimate of drug-likeness (QED) is 0.882. The topological polar surface area (TPSA) is 62.3 Å². The highest BCUT2D eigenvalue weighted by atomic mass is 16.5. The summed E-state index contributed by atoms with van der Waals surface area (Å²) in [5, 5.41) is 4.61. The summed E-state index contributed by atoms with van der Waals surface area (Å²) in [5.74, 6) is 0.712. The fourth-order valence-corrected chi connectivity index (χ4v) is 3.96. The molecule has 1 aliphatic heterocycles. The van der Waals surface area contributed by atoms with Gasteiger partial charge in [0.15, 0.2) is 0 Å². The Hall–Kier alpha value is -2.01. The number of anilines is 1. The normalized spacial score (nSPS) is 26.9. The van der Waals surface area contributed by atoms with E-state index in [2.05, 4.69) is 16.0 Å². The van der Waals surface area contributed by atoms with Gasteiger partial charge < -0.3 is 15.2 Å². The van der Waals surface area contributed by atoms with Gasteiger partial charge in [0.2, 0.25) is 0 Å². The van der Waals surface area contributed by atoms with Gasteiger partial charge in [0.05, 0.1) is 30.6 Å². The molecule has 1 spiro atoms. The highest BCUT2D eigenvalue weighted by Gasteiger charge is 2.50. The Kier molecular flexibility index (Phi) is 3.53. The number of aromatic nitrogens is 2. The molecule has 1 saturated heterocycles. The van der Waals surface area contributed by atoms with E-state index in [-0.39, 0.29) is 5.60 Å². The first kappa shape index (κ1) is 14.6.